The Hall–Kier alpha value is -1.80. The van der Waals surface area contributed by atoms with Gasteiger partial charge in [-0.1, -0.05) is 0 Å². The Morgan fingerprint density at radius 1 is 1.48 bits per heavy atom. The van der Waals surface area contributed by atoms with Crippen molar-refractivity contribution >= 4 is 33.8 Å². The summed E-state index contributed by atoms with van der Waals surface area (Å²) in [5.74, 6) is -0.411. The predicted octanol–water partition coefficient (Wildman–Crippen LogP) is 0.152. The Labute approximate surface area is 127 Å². The van der Waals surface area contributed by atoms with Crippen molar-refractivity contribution in [2.75, 3.05) is 44.8 Å². The topological polar surface area (TPSA) is 113 Å². The van der Waals surface area contributed by atoms with Crippen LogP contribution >= 0.6 is 11.3 Å². The van der Waals surface area contributed by atoms with Crippen LogP contribution in [-0.4, -0.2) is 50.4 Å². The van der Waals surface area contributed by atoms with E-state index in [2.05, 4.69) is 22.6 Å². The molecule has 1 fully saturated rings. The smallest absolute Gasteiger partial charge is 0.260 e. The van der Waals surface area contributed by atoms with Crippen LogP contribution in [0.25, 0.3) is 0 Å². The molecule has 0 aliphatic carbocycles. The highest BCUT2D eigenvalue weighted by Crippen LogP contribution is 2.35. The Morgan fingerprint density at radius 3 is 2.71 bits per heavy atom. The van der Waals surface area contributed by atoms with Gasteiger partial charge in [0.25, 0.3) is 11.8 Å². The van der Waals surface area contributed by atoms with Gasteiger partial charge in [0, 0.05) is 20.1 Å². The number of amides is 2. The molecule has 2 rings (SSSR count). The van der Waals surface area contributed by atoms with Gasteiger partial charge in [-0.05, 0) is 25.9 Å². The van der Waals surface area contributed by atoms with Gasteiger partial charge in [-0.2, -0.15) is 0 Å². The molecule has 6 N–H and O–H groups in total. The molecule has 1 aromatic rings. The van der Waals surface area contributed by atoms with Gasteiger partial charge in [0.15, 0.2) is 0 Å². The fourth-order valence-corrected chi connectivity index (χ4v) is 3.51. The average Bonchev–Trinajstić information content (AvgIpc) is 2.99. The number of hydrogen-bond acceptors (Lipinski definition) is 6. The van der Waals surface area contributed by atoms with Crippen LogP contribution in [0, 0.1) is 5.92 Å². The molecule has 116 valence electrons. The standard InChI is InChI=1S/C13H21N5O2S/c1-16-12(20)8-9(14)10(11(15)19)21-13(8)17-5-7-3-4-18(2)6-7/h7,17H,3-6,14H2,1-2H3,(H2,15,19)(H,16,20). The van der Waals surface area contributed by atoms with Crippen LogP contribution in [0.5, 0.6) is 0 Å². The third-order valence-corrected chi connectivity index (χ3v) is 4.84. The van der Waals surface area contributed by atoms with Crippen molar-refractivity contribution in [3.05, 3.63) is 10.4 Å². The third-order valence-electron chi connectivity index (χ3n) is 3.66. The first-order chi connectivity index (χ1) is 9.93. The number of nitrogens with two attached hydrogens (primary N) is 2. The second-order valence-corrected chi connectivity index (χ2v) is 6.31. The van der Waals surface area contributed by atoms with E-state index >= 15 is 0 Å². The van der Waals surface area contributed by atoms with Crippen molar-refractivity contribution in [3.8, 4) is 0 Å². The zero-order valence-electron chi connectivity index (χ0n) is 12.2. The summed E-state index contributed by atoms with van der Waals surface area (Å²) in [6, 6.07) is 0. The normalized spacial score (nSPS) is 18.7. The number of thiophene rings is 1. The lowest BCUT2D eigenvalue weighted by molar-refractivity contribution is 0.0965. The zero-order chi connectivity index (χ0) is 15.6. The monoisotopic (exact) mass is 311 g/mol. The lowest BCUT2D eigenvalue weighted by atomic mass is 10.1. The molecule has 8 heteroatoms. The number of anilines is 2. The van der Waals surface area contributed by atoms with E-state index in [0.717, 1.165) is 37.4 Å². The zero-order valence-corrected chi connectivity index (χ0v) is 13.0. The molecule has 7 nitrogen and oxygen atoms in total. The van der Waals surface area contributed by atoms with Crippen molar-refractivity contribution in [1.82, 2.24) is 10.2 Å². The van der Waals surface area contributed by atoms with Crippen LogP contribution in [0.4, 0.5) is 10.7 Å². The van der Waals surface area contributed by atoms with E-state index in [0.29, 0.717) is 16.5 Å². The highest BCUT2D eigenvalue weighted by Gasteiger charge is 2.25. The predicted molar refractivity (Wildman–Crippen MR) is 84.7 cm³/mol. The summed E-state index contributed by atoms with van der Waals surface area (Å²) >= 11 is 1.14. The molecule has 1 atom stereocenters. The van der Waals surface area contributed by atoms with E-state index in [9.17, 15) is 9.59 Å². The summed E-state index contributed by atoms with van der Waals surface area (Å²) < 4.78 is 0. The molecule has 0 spiro atoms. The molecule has 1 saturated heterocycles. The van der Waals surface area contributed by atoms with E-state index in [1.165, 1.54) is 7.05 Å². The number of primary amides is 1. The largest absolute Gasteiger partial charge is 0.397 e. The Morgan fingerprint density at radius 2 is 2.19 bits per heavy atom. The average molecular weight is 311 g/mol. The minimum atomic E-state index is -0.615. The number of carbonyl (C=O) groups is 2. The molecule has 1 aliphatic heterocycles. The second-order valence-electron chi connectivity index (χ2n) is 5.29. The summed E-state index contributed by atoms with van der Waals surface area (Å²) in [5, 5.41) is 6.39. The molecular weight excluding hydrogens is 290 g/mol. The Bertz CT molecular complexity index is 557. The van der Waals surface area contributed by atoms with Crippen LogP contribution in [0.3, 0.4) is 0 Å². The number of carbonyl (C=O) groups excluding carboxylic acids is 2. The maximum Gasteiger partial charge on any atom is 0.260 e. The van der Waals surface area contributed by atoms with Crippen LogP contribution in [0.1, 0.15) is 26.5 Å². The molecule has 0 aromatic carbocycles. The lowest BCUT2D eigenvalue weighted by Crippen LogP contribution is -2.22. The summed E-state index contributed by atoms with van der Waals surface area (Å²) in [4.78, 5) is 25.8. The first kappa shape index (κ1) is 15.6. The van der Waals surface area contributed by atoms with Gasteiger partial charge in [-0.3, -0.25) is 9.59 Å². The van der Waals surface area contributed by atoms with Crippen molar-refractivity contribution in [2.45, 2.75) is 6.42 Å². The van der Waals surface area contributed by atoms with Crippen LogP contribution in [0.15, 0.2) is 0 Å². The number of likely N-dealkylation sites (tertiary alicyclic amines) is 1. The molecule has 21 heavy (non-hydrogen) atoms. The van der Waals surface area contributed by atoms with Crippen molar-refractivity contribution < 1.29 is 9.59 Å². The molecule has 1 aromatic heterocycles. The van der Waals surface area contributed by atoms with Crippen molar-refractivity contribution in [2.24, 2.45) is 11.7 Å². The van der Waals surface area contributed by atoms with E-state index < -0.39 is 5.91 Å². The number of rotatable bonds is 5. The molecule has 2 heterocycles. The summed E-state index contributed by atoms with van der Waals surface area (Å²) in [5.41, 5.74) is 11.6. The van der Waals surface area contributed by atoms with Gasteiger partial charge in [-0.15, -0.1) is 11.3 Å². The van der Waals surface area contributed by atoms with Crippen molar-refractivity contribution in [1.29, 1.82) is 0 Å². The number of hydrogen-bond donors (Lipinski definition) is 4. The highest BCUT2D eigenvalue weighted by atomic mass is 32.1. The van der Waals surface area contributed by atoms with Crippen molar-refractivity contribution in [3.63, 3.8) is 0 Å². The maximum atomic E-state index is 12.0. The van der Waals surface area contributed by atoms with Gasteiger partial charge in [-0.25, -0.2) is 0 Å². The fourth-order valence-electron chi connectivity index (χ4n) is 2.53. The SMILES string of the molecule is CNC(=O)c1c(NCC2CCN(C)C2)sc(C(N)=O)c1N. The van der Waals surface area contributed by atoms with Gasteiger partial charge >= 0.3 is 0 Å². The van der Waals surface area contributed by atoms with Gasteiger partial charge in [0.05, 0.1) is 11.3 Å². The van der Waals surface area contributed by atoms with E-state index in [4.69, 9.17) is 11.5 Å². The molecule has 0 saturated carbocycles. The van der Waals surface area contributed by atoms with Crippen LogP contribution in [0.2, 0.25) is 0 Å². The first-order valence-corrected chi connectivity index (χ1v) is 7.62. The minimum Gasteiger partial charge on any atom is -0.397 e. The molecule has 0 radical (unpaired) electrons. The lowest BCUT2D eigenvalue weighted by Gasteiger charge is -2.12. The van der Waals surface area contributed by atoms with E-state index in [1.807, 2.05) is 0 Å². The van der Waals surface area contributed by atoms with Crippen LogP contribution < -0.4 is 22.1 Å². The molecule has 0 bridgehead atoms. The number of nitrogens with one attached hydrogen (secondary N) is 2. The number of nitrogens with zero attached hydrogens (tertiary/aromatic N) is 1. The second kappa shape index (κ2) is 6.31. The van der Waals surface area contributed by atoms with E-state index in [-0.39, 0.29) is 16.5 Å². The minimum absolute atomic E-state index is 0.151. The van der Waals surface area contributed by atoms with Gasteiger partial charge < -0.3 is 27.0 Å². The van der Waals surface area contributed by atoms with E-state index in [1.54, 1.807) is 0 Å². The molecule has 2 amide bonds. The molecular formula is C13H21N5O2S. The van der Waals surface area contributed by atoms with Gasteiger partial charge in [0.2, 0.25) is 0 Å². The van der Waals surface area contributed by atoms with Crippen LogP contribution in [-0.2, 0) is 0 Å². The Balaban J connectivity index is 2.19. The fraction of sp³-hybridized carbons (Fsp3) is 0.538. The summed E-state index contributed by atoms with van der Waals surface area (Å²) in [6.45, 7) is 2.84. The summed E-state index contributed by atoms with van der Waals surface area (Å²) in [6.07, 6.45) is 1.11. The maximum absolute atomic E-state index is 12.0. The third kappa shape index (κ3) is 3.27. The molecule has 1 unspecified atom stereocenters. The number of nitrogen functional groups attached to an aromatic ring is 1. The van der Waals surface area contributed by atoms with Gasteiger partial charge in [0.1, 0.15) is 9.88 Å². The summed E-state index contributed by atoms with van der Waals surface area (Å²) in [7, 11) is 3.61. The Kier molecular flexibility index (Phi) is 4.69. The highest BCUT2D eigenvalue weighted by molar-refractivity contribution is 7.19. The first-order valence-electron chi connectivity index (χ1n) is 6.80. The quantitative estimate of drug-likeness (QED) is 0.618. The molecule has 1 aliphatic rings.